The molecule has 2 aromatic rings. The van der Waals surface area contributed by atoms with Gasteiger partial charge >= 0.3 is 0 Å². The minimum Gasteiger partial charge on any atom is -0.507 e. The van der Waals surface area contributed by atoms with E-state index >= 15 is 0 Å². The van der Waals surface area contributed by atoms with E-state index in [1.807, 2.05) is 0 Å². The number of Topliss-reactive ketones (excluding diaryl/α,β-unsaturated/α-hetero) is 1. The number of hydrogen-bond donors (Lipinski definition) is 11. The monoisotopic (exact) mass is 628 g/mol. The molecule has 11 atom stereocenters. The van der Waals surface area contributed by atoms with Crippen LogP contribution < -0.4 is 14.2 Å². The number of rotatable bonds is 7. The minimum atomic E-state index is -1.83. The van der Waals surface area contributed by atoms with E-state index in [2.05, 4.69) is 0 Å². The molecule has 11 N–H and O–H groups in total. The third-order valence-electron chi connectivity index (χ3n) is 7.62. The Morgan fingerprint density at radius 3 is 1.80 bits per heavy atom. The highest BCUT2D eigenvalue weighted by molar-refractivity contribution is 6.02. The summed E-state index contributed by atoms with van der Waals surface area (Å²) in [6, 6.07) is 4.10. The molecule has 242 valence electrons. The Balaban J connectivity index is 1.43. The van der Waals surface area contributed by atoms with Crippen LogP contribution in [0.4, 0.5) is 0 Å². The van der Waals surface area contributed by atoms with Crippen LogP contribution in [0.15, 0.2) is 24.3 Å². The molecule has 5 rings (SSSR count). The highest BCUT2D eigenvalue weighted by Crippen LogP contribution is 2.46. The molecule has 3 aliphatic rings. The summed E-state index contributed by atoms with van der Waals surface area (Å²) < 4.78 is 27.8. The van der Waals surface area contributed by atoms with Crippen LogP contribution in [0.3, 0.4) is 0 Å². The number of hydrogen-bond acceptors (Lipinski definition) is 17. The summed E-state index contributed by atoms with van der Waals surface area (Å²) in [5, 5.41) is 111. The molecule has 0 amide bonds. The predicted molar refractivity (Wildman–Crippen MR) is 139 cm³/mol. The number of fused-ring (bicyclic) bond motifs is 1. The minimum absolute atomic E-state index is 0.0593. The van der Waals surface area contributed by atoms with E-state index in [9.17, 15) is 61.0 Å². The standard InChI is InChI=1S/C27H32O17/c28-6-17-20(34)22(36)24(38)26(43-17)40-8-1-12(32)19-13(33)5-14(41-16(19)2-8)9-3-10(30)11(31)4-15(9)42-27-25(39)23(37)21(35)18(7-29)44-27/h1-4,14,17-18,20-32,34-39H,5-7H2/t14-,17-,18-,20-,21-,22+,23+,24-,25-,26-,27+/m1/s1. The van der Waals surface area contributed by atoms with E-state index in [4.69, 9.17) is 23.7 Å². The van der Waals surface area contributed by atoms with Gasteiger partial charge in [0, 0.05) is 23.8 Å². The van der Waals surface area contributed by atoms with E-state index in [1.54, 1.807) is 0 Å². The van der Waals surface area contributed by atoms with Gasteiger partial charge in [0.05, 0.1) is 19.6 Å². The van der Waals surface area contributed by atoms with Gasteiger partial charge in [0.25, 0.3) is 0 Å². The maximum Gasteiger partial charge on any atom is 0.229 e. The van der Waals surface area contributed by atoms with Crippen LogP contribution in [0, 0.1) is 0 Å². The normalized spacial score (nSPS) is 35.5. The second-order valence-corrected chi connectivity index (χ2v) is 10.6. The number of ketones is 1. The summed E-state index contributed by atoms with van der Waals surface area (Å²) in [5.41, 5.74) is -0.308. The van der Waals surface area contributed by atoms with Gasteiger partial charge in [0.1, 0.15) is 83.5 Å². The summed E-state index contributed by atoms with van der Waals surface area (Å²) in [4.78, 5) is 13.1. The van der Waals surface area contributed by atoms with Crippen LogP contribution in [0.5, 0.6) is 34.5 Å². The van der Waals surface area contributed by atoms with Crippen molar-refractivity contribution in [1.82, 2.24) is 0 Å². The lowest BCUT2D eigenvalue weighted by atomic mass is 9.94. The fourth-order valence-corrected chi connectivity index (χ4v) is 5.17. The van der Waals surface area contributed by atoms with E-state index in [0.717, 1.165) is 24.3 Å². The van der Waals surface area contributed by atoms with E-state index in [-0.39, 0.29) is 28.4 Å². The smallest absolute Gasteiger partial charge is 0.229 e. The van der Waals surface area contributed by atoms with E-state index in [0.29, 0.717) is 0 Å². The maximum atomic E-state index is 13.1. The Kier molecular flexibility index (Phi) is 9.06. The van der Waals surface area contributed by atoms with Crippen LogP contribution in [-0.2, 0) is 9.47 Å². The lowest BCUT2D eigenvalue weighted by Gasteiger charge is -2.40. The zero-order chi connectivity index (χ0) is 32.0. The third kappa shape index (κ3) is 5.82. The molecule has 2 saturated heterocycles. The molecule has 3 aliphatic heterocycles. The quantitative estimate of drug-likeness (QED) is 0.135. The van der Waals surface area contributed by atoms with Crippen molar-refractivity contribution < 1.29 is 84.7 Å². The second kappa shape index (κ2) is 12.5. The first-order valence-electron chi connectivity index (χ1n) is 13.4. The molecule has 0 spiro atoms. The third-order valence-corrected chi connectivity index (χ3v) is 7.62. The van der Waals surface area contributed by atoms with Gasteiger partial charge in [-0.1, -0.05) is 0 Å². The summed E-state index contributed by atoms with van der Waals surface area (Å²) in [6.07, 6.45) is -18.1. The van der Waals surface area contributed by atoms with Gasteiger partial charge in [0.2, 0.25) is 12.6 Å². The molecule has 3 heterocycles. The molecule has 0 aliphatic carbocycles. The Morgan fingerprint density at radius 2 is 1.23 bits per heavy atom. The zero-order valence-corrected chi connectivity index (χ0v) is 22.7. The Hall–Kier alpha value is -3.49. The number of benzene rings is 2. The van der Waals surface area contributed by atoms with Crippen molar-refractivity contribution in [3.63, 3.8) is 0 Å². The lowest BCUT2D eigenvalue weighted by Crippen LogP contribution is -2.60. The van der Waals surface area contributed by atoms with Crippen LogP contribution in [0.1, 0.15) is 28.4 Å². The molecular formula is C27H32O17. The molecule has 2 fully saturated rings. The molecular weight excluding hydrogens is 596 g/mol. The number of aromatic hydroxyl groups is 3. The van der Waals surface area contributed by atoms with Gasteiger partial charge in [-0.05, 0) is 6.07 Å². The maximum absolute atomic E-state index is 13.1. The van der Waals surface area contributed by atoms with Crippen molar-refractivity contribution in [2.75, 3.05) is 13.2 Å². The van der Waals surface area contributed by atoms with Gasteiger partial charge in [-0.2, -0.15) is 0 Å². The fraction of sp³-hybridized carbons (Fsp3) is 0.519. The van der Waals surface area contributed by atoms with Crippen LogP contribution in [0.2, 0.25) is 0 Å². The fourth-order valence-electron chi connectivity index (χ4n) is 5.17. The van der Waals surface area contributed by atoms with Gasteiger partial charge in [-0.3, -0.25) is 4.79 Å². The van der Waals surface area contributed by atoms with Crippen molar-refractivity contribution in [1.29, 1.82) is 0 Å². The number of phenols is 3. The van der Waals surface area contributed by atoms with Crippen molar-refractivity contribution >= 4 is 5.78 Å². The van der Waals surface area contributed by atoms with Gasteiger partial charge in [-0.25, -0.2) is 0 Å². The molecule has 0 radical (unpaired) electrons. The number of carbonyl (C=O) groups is 1. The first-order valence-corrected chi connectivity index (χ1v) is 13.4. The van der Waals surface area contributed by atoms with Gasteiger partial charge in [-0.15, -0.1) is 0 Å². The highest BCUT2D eigenvalue weighted by Gasteiger charge is 2.46. The number of carbonyl (C=O) groups excluding carboxylic acids is 1. The van der Waals surface area contributed by atoms with Crippen LogP contribution in [0.25, 0.3) is 0 Å². The SMILES string of the molecule is O=C1C[C@H](c2cc(O)c(O)cc2O[C@H]2O[C@H](CO)[C@@H](O)[C@H](O)[C@H]2O)Oc2cc(O[C@@H]3O[C@H](CO)[C@@H](O)[C@H](O)[C@H]3O)cc(O)c21. The van der Waals surface area contributed by atoms with Crippen molar-refractivity contribution in [3.05, 3.63) is 35.4 Å². The van der Waals surface area contributed by atoms with Crippen LogP contribution in [-0.4, -0.2) is 137 Å². The number of aliphatic hydroxyl groups is 8. The first kappa shape index (κ1) is 31.9. The molecule has 0 unspecified atom stereocenters. The van der Waals surface area contributed by atoms with Crippen molar-refractivity contribution in [2.45, 2.75) is 73.9 Å². The first-order chi connectivity index (χ1) is 20.8. The van der Waals surface area contributed by atoms with Gasteiger partial charge in [0.15, 0.2) is 17.3 Å². The van der Waals surface area contributed by atoms with Crippen molar-refractivity contribution in [3.8, 4) is 34.5 Å². The number of ether oxygens (including phenoxy) is 5. The molecule has 17 heteroatoms. The number of phenolic OH excluding ortho intramolecular Hbond substituents is 3. The summed E-state index contributed by atoms with van der Waals surface area (Å²) in [7, 11) is 0. The molecule has 0 saturated carbocycles. The lowest BCUT2D eigenvalue weighted by molar-refractivity contribution is -0.277. The molecule has 0 aromatic heterocycles. The summed E-state index contributed by atoms with van der Waals surface area (Å²) >= 11 is 0. The van der Waals surface area contributed by atoms with E-state index < -0.39 is 110 Å². The van der Waals surface area contributed by atoms with Crippen LogP contribution >= 0.6 is 0 Å². The molecule has 2 aromatic carbocycles. The predicted octanol–water partition coefficient (Wildman–Crippen LogP) is -3.13. The topological polar surface area (TPSA) is 286 Å². The van der Waals surface area contributed by atoms with Crippen molar-refractivity contribution in [2.24, 2.45) is 0 Å². The molecule has 17 nitrogen and oxygen atoms in total. The second-order valence-electron chi connectivity index (χ2n) is 10.6. The Morgan fingerprint density at radius 1 is 0.682 bits per heavy atom. The Bertz CT molecular complexity index is 1360. The molecule has 0 bridgehead atoms. The largest absolute Gasteiger partial charge is 0.507 e. The average molecular weight is 629 g/mol. The molecule has 44 heavy (non-hydrogen) atoms. The summed E-state index contributed by atoms with van der Waals surface area (Å²) in [6.45, 7) is -1.46. The highest BCUT2D eigenvalue weighted by atomic mass is 16.7. The van der Waals surface area contributed by atoms with Gasteiger partial charge < -0.3 is 79.9 Å². The number of aliphatic hydroxyl groups excluding tert-OH is 8. The van der Waals surface area contributed by atoms with E-state index in [1.165, 1.54) is 0 Å². The average Bonchev–Trinajstić information content (AvgIpc) is 2.98. The zero-order valence-electron chi connectivity index (χ0n) is 22.7. The summed E-state index contributed by atoms with van der Waals surface area (Å²) in [5.74, 6) is -3.29. The Labute approximate surface area is 247 Å².